The summed E-state index contributed by atoms with van der Waals surface area (Å²) >= 11 is 0. The van der Waals surface area contributed by atoms with Gasteiger partial charge in [-0.2, -0.15) is 0 Å². The Balaban J connectivity index is 1.98. The minimum atomic E-state index is -2.81. The van der Waals surface area contributed by atoms with E-state index in [4.69, 9.17) is 13.6 Å². The van der Waals surface area contributed by atoms with Gasteiger partial charge in [0.05, 0.1) is 13.7 Å². The van der Waals surface area contributed by atoms with Crippen molar-refractivity contribution in [1.82, 2.24) is 4.98 Å². The summed E-state index contributed by atoms with van der Waals surface area (Å²) in [7, 11) is -3.52. The van der Waals surface area contributed by atoms with E-state index >= 15 is 0 Å². The lowest BCUT2D eigenvalue weighted by molar-refractivity contribution is -0.143. The number of esters is 1. The Kier molecular flexibility index (Phi) is 10.8. The molecule has 0 bridgehead atoms. The molecule has 0 aliphatic heterocycles. The topological polar surface area (TPSA) is 56.8 Å². The lowest BCUT2D eigenvalue weighted by Gasteiger charge is -2.43. The van der Waals surface area contributed by atoms with Crippen molar-refractivity contribution in [1.29, 1.82) is 0 Å². The second-order valence-electron chi connectivity index (χ2n) is 10.2. The van der Waals surface area contributed by atoms with Crippen LogP contribution in [0.4, 0.5) is 0 Å². The molecular formula is C30H41NO4Si2. The predicted molar refractivity (Wildman–Crippen MR) is 157 cm³/mol. The van der Waals surface area contributed by atoms with E-state index in [-0.39, 0.29) is 17.6 Å². The molecule has 0 heterocycles. The van der Waals surface area contributed by atoms with E-state index in [0.717, 1.165) is 18.0 Å². The van der Waals surface area contributed by atoms with Crippen molar-refractivity contribution < 1.29 is 18.4 Å². The Morgan fingerprint density at radius 1 is 0.892 bits per heavy atom. The largest absolute Gasteiger partial charge is 0.468 e. The van der Waals surface area contributed by atoms with Crippen molar-refractivity contribution in [2.45, 2.75) is 51.6 Å². The van der Waals surface area contributed by atoms with Gasteiger partial charge in [-0.05, 0) is 27.0 Å². The van der Waals surface area contributed by atoms with Gasteiger partial charge >= 0.3 is 5.97 Å². The first kappa shape index (κ1) is 29.0. The molecule has 37 heavy (non-hydrogen) atoms. The third-order valence-corrected chi connectivity index (χ3v) is 13.9. The van der Waals surface area contributed by atoms with E-state index in [9.17, 15) is 4.79 Å². The summed E-state index contributed by atoms with van der Waals surface area (Å²) in [6, 6.07) is 30.4. The quantitative estimate of drug-likeness (QED) is 0.206. The number of unbranched alkanes of at least 4 members (excludes halogenated alkanes) is 1. The third-order valence-electron chi connectivity index (χ3n) is 6.61. The highest BCUT2D eigenvalue weighted by Gasteiger charge is 2.50. The normalized spacial score (nSPS) is 13.6. The molecule has 0 aromatic heterocycles. The van der Waals surface area contributed by atoms with E-state index in [0.29, 0.717) is 6.61 Å². The fourth-order valence-corrected chi connectivity index (χ4v) is 11.3. The zero-order valence-electron chi connectivity index (χ0n) is 22.8. The molecule has 3 rings (SSSR count). The molecule has 198 valence electrons. The summed E-state index contributed by atoms with van der Waals surface area (Å²) < 4.78 is 18.6. The van der Waals surface area contributed by atoms with E-state index in [1.165, 1.54) is 17.5 Å². The van der Waals surface area contributed by atoms with Crippen molar-refractivity contribution in [3.8, 4) is 0 Å². The molecule has 5 nitrogen and oxygen atoms in total. The molecule has 0 spiro atoms. The summed E-state index contributed by atoms with van der Waals surface area (Å²) in [5.41, 5.74) is 0. The van der Waals surface area contributed by atoms with Gasteiger partial charge in [-0.3, -0.25) is 4.79 Å². The van der Waals surface area contributed by atoms with Gasteiger partial charge in [0.15, 0.2) is 0 Å². The molecule has 0 aliphatic rings. The van der Waals surface area contributed by atoms with Gasteiger partial charge in [-0.1, -0.05) is 125 Å². The minimum Gasteiger partial charge on any atom is -0.468 e. The van der Waals surface area contributed by atoms with Crippen molar-refractivity contribution >= 4 is 39.0 Å². The Bertz CT molecular complexity index is 1040. The summed E-state index contributed by atoms with van der Waals surface area (Å²) in [4.78, 5) is 16.6. The van der Waals surface area contributed by atoms with Crippen LogP contribution in [0.25, 0.3) is 0 Å². The van der Waals surface area contributed by atoms with Gasteiger partial charge in [0.25, 0.3) is 17.5 Å². The number of ether oxygens (including phenoxy) is 1. The predicted octanol–water partition coefficient (Wildman–Crippen LogP) is 3.64. The third kappa shape index (κ3) is 7.27. The zero-order chi connectivity index (χ0) is 26.7. The number of methoxy groups -OCH3 is 1. The Morgan fingerprint density at radius 2 is 1.41 bits per heavy atom. The Labute approximate surface area is 225 Å². The maximum Gasteiger partial charge on any atom is 0.324 e. The number of hydrogen-bond acceptors (Lipinski definition) is 5. The highest BCUT2D eigenvalue weighted by Crippen LogP contribution is 2.36. The zero-order valence-corrected chi connectivity index (χ0v) is 24.9. The van der Waals surface area contributed by atoms with Crippen LogP contribution in [0.5, 0.6) is 0 Å². The average Bonchev–Trinajstić information content (AvgIpc) is 2.92. The van der Waals surface area contributed by atoms with Crippen LogP contribution < -0.4 is 20.5 Å². The molecule has 0 fully saturated rings. The maximum absolute atomic E-state index is 13.1. The Morgan fingerprint density at radius 3 is 1.86 bits per heavy atom. The van der Waals surface area contributed by atoms with Crippen molar-refractivity contribution in [2.75, 3.05) is 20.3 Å². The van der Waals surface area contributed by atoms with E-state index in [2.05, 4.69) is 93.3 Å². The number of carbonyl (C=O) groups is 1. The molecule has 0 saturated carbocycles. The average molecular weight is 536 g/mol. The molecule has 1 unspecified atom stereocenters. The van der Waals surface area contributed by atoms with E-state index in [1.54, 1.807) is 0 Å². The standard InChI is InChI=1S/C30H41NO4Si2/c1-6-7-23-34-36(25-17-11-8-12-18-25)31-28(29(32)33-5)24-35-37(30(2,3)4,26-19-13-9-14-20-26)27-21-15-10-16-22-27/h8-22,28,31,36H,6-7,23-24H2,1-5H3/t28-,36?/m0/s1. The van der Waals surface area contributed by atoms with Crippen LogP contribution >= 0.6 is 0 Å². The minimum absolute atomic E-state index is 0.188. The van der Waals surface area contributed by atoms with Crippen LogP contribution in [0.1, 0.15) is 40.5 Å². The summed E-state index contributed by atoms with van der Waals surface area (Å²) in [5, 5.41) is 3.25. The molecule has 3 aromatic carbocycles. The number of rotatable bonds is 13. The highest BCUT2D eigenvalue weighted by molar-refractivity contribution is 6.99. The molecule has 7 heteroatoms. The van der Waals surface area contributed by atoms with Gasteiger partial charge in [0.2, 0.25) is 0 Å². The first-order chi connectivity index (χ1) is 17.8. The lowest BCUT2D eigenvalue weighted by Crippen LogP contribution is -2.68. The van der Waals surface area contributed by atoms with Gasteiger partial charge in [0.1, 0.15) is 6.04 Å². The Hall–Kier alpha value is -2.56. The molecule has 0 amide bonds. The van der Waals surface area contributed by atoms with Crippen molar-refractivity contribution in [2.24, 2.45) is 0 Å². The molecular weight excluding hydrogens is 495 g/mol. The maximum atomic E-state index is 13.1. The van der Waals surface area contributed by atoms with Gasteiger partial charge in [-0.25, -0.2) is 0 Å². The van der Waals surface area contributed by atoms with Crippen LogP contribution in [-0.2, 0) is 18.4 Å². The number of hydrogen-bond donors (Lipinski definition) is 1. The molecule has 0 radical (unpaired) electrons. The van der Waals surface area contributed by atoms with Crippen LogP contribution in [0.2, 0.25) is 5.04 Å². The van der Waals surface area contributed by atoms with Crippen LogP contribution in [0, 0.1) is 0 Å². The van der Waals surface area contributed by atoms with Crippen molar-refractivity contribution in [3.63, 3.8) is 0 Å². The molecule has 2 atom stereocenters. The first-order valence-electron chi connectivity index (χ1n) is 13.1. The molecule has 0 aliphatic carbocycles. The second kappa shape index (κ2) is 13.8. The van der Waals surface area contributed by atoms with Crippen LogP contribution in [-0.4, -0.2) is 49.9 Å². The second-order valence-corrected chi connectivity index (χ2v) is 16.6. The van der Waals surface area contributed by atoms with Gasteiger partial charge in [-0.15, -0.1) is 0 Å². The molecule has 0 saturated heterocycles. The summed E-state index contributed by atoms with van der Waals surface area (Å²) in [6.07, 6.45) is 2.02. The lowest BCUT2D eigenvalue weighted by atomic mass is 10.2. The van der Waals surface area contributed by atoms with Crippen LogP contribution in [0.15, 0.2) is 91.0 Å². The summed E-state index contributed by atoms with van der Waals surface area (Å²) in [6.45, 7) is 9.68. The van der Waals surface area contributed by atoms with E-state index < -0.39 is 23.6 Å². The monoisotopic (exact) mass is 535 g/mol. The SMILES string of the molecule is CCCCO[SiH](N[C@@H](CO[Si](c1ccccc1)(c1ccccc1)C(C)(C)C)C(=O)OC)c1ccccc1. The van der Waals surface area contributed by atoms with Gasteiger partial charge in [0, 0.05) is 6.61 Å². The molecule has 3 aromatic rings. The van der Waals surface area contributed by atoms with Crippen molar-refractivity contribution in [3.05, 3.63) is 91.0 Å². The van der Waals surface area contributed by atoms with E-state index in [1.807, 2.05) is 30.3 Å². The summed E-state index contributed by atoms with van der Waals surface area (Å²) in [5.74, 6) is -0.342. The van der Waals surface area contributed by atoms with Gasteiger partial charge < -0.3 is 18.6 Å². The highest BCUT2D eigenvalue weighted by atomic mass is 28.4. The fourth-order valence-electron chi connectivity index (χ4n) is 4.69. The number of benzene rings is 3. The first-order valence-corrected chi connectivity index (χ1v) is 16.6. The number of nitrogens with one attached hydrogen (secondary N) is 1. The fraction of sp³-hybridized carbons (Fsp3) is 0.367. The number of carbonyl (C=O) groups excluding carboxylic acids is 1. The van der Waals surface area contributed by atoms with Crippen LogP contribution in [0.3, 0.4) is 0 Å². The smallest absolute Gasteiger partial charge is 0.324 e. The molecule has 1 N–H and O–H groups in total.